The number of methoxy groups -OCH3 is 3. The van der Waals surface area contributed by atoms with Gasteiger partial charge in [-0.1, -0.05) is 97.3 Å². The quantitative estimate of drug-likeness (QED) is 0.115. The SMILES string of the molecule is CCCCCCCCCCOCCCC(CCCCCCCC)C(OC)(OC)OC. The normalized spacial score (nSPS) is 13.1. The minimum atomic E-state index is -0.929. The fraction of sp³-hybridized carbons (Fsp3) is 1.00. The summed E-state index contributed by atoms with van der Waals surface area (Å²) in [4.78, 5) is 0. The van der Waals surface area contributed by atoms with Crippen molar-refractivity contribution in [2.75, 3.05) is 34.5 Å². The Morgan fingerprint density at radius 2 is 0.900 bits per heavy atom. The lowest BCUT2D eigenvalue weighted by atomic mass is 9.93. The van der Waals surface area contributed by atoms with Crippen LogP contribution in [0, 0.1) is 5.92 Å². The Labute approximate surface area is 188 Å². The van der Waals surface area contributed by atoms with Crippen LogP contribution in [-0.2, 0) is 18.9 Å². The molecule has 1 unspecified atom stereocenters. The van der Waals surface area contributed by atoms with Crippen LogP contribution in [0.4, 0.5) is 0 Å². The van der Waals surface area contributed by atoms with E-state index in [9.17, 15) is 0 Å². The van der Waals surface area contributed by atoms with E-state index in [2.05, 4.69) is 13.8 Å². The van der Waals surface area contributed by atoms with Gasteiger partial charge in [-0.25, -0.2) is 0 Å². The Bertz CT molecular complexity index is 323. The van der Waals surface area contributed by atoms with Crippen LogP contribution in [0.5, 0.6) is 0 Å². The van der Waals surface area contributed by atoms with Crippen molar-refractivity contribution in [3.8, 4) is 0 Å². The molecule has 182 valence electrons. The van der Waals surface area contributed by atoms with Crippen molar-refractivity contribution in [2.45, 2.75) is 129 Å². The zero-order valence-electron chi connectivity index (χ0n) is 21.1. The number of hydrogen-bond acceptors (Lipinski definition) is 4. The van der Waals surface area contributed by atoms with Gasteiger partial charge in [-0.3, -0.25) is 0 Å². The van der Waals surface area contributed by atoms with Gasteiger partial charge in [0.15, 0.2) is 0 Å². The Hall–Kier alpha value is -0.160. The summed E-state index contributed by atoms with van der Waals surface area (Å²) in [7, 11) is 5.04. The van der Waals surface area contributed by atoms with Gasteiger partial charge in [0.2, 0.25) is 0 Å². The molecule has 0 rings (SSSR count). The summed E-state index contributed by atoms with van der Waals surface area (Å²) in [5, 5.41) is 0. The number of rotatable bonds is 24. The van der Waals surface area contributed by atoms with Crippen molar-refractivity contribution < 1.29 is 18.9 Å². The Morgan fingerprint density at radius 3 is 1.40 bits per heavy atom. The predicted molar refractivity (Wildman–Crippen MR) is 128 cm³/mol. The first kappa shape index (κ1) is 29.8. The summed E-state index contributed by atoms with van der Waals surface area (Å²) in [6.07, 6.45) is 21.6. The van der Waals surface area contributed by atoms with Crippen molar-refractivity contribution in [3.63, 3.8) is 0 Å². The average Bonchev–Trinajstić information content (AvgIpc) is 2.77. The van der Waals surface area contributed by atoms with E-state index in [1.54, 1.807) is 21.3 Å². The first-order chi connectivity index (χ1) is 14.7. The molecule has 4 nitrogen and oxygen atoms in total. The van der Waals surface area contributed by atoms with Gasteiger partial charge < -0.3 is 18.9 Å². The second-order valence-electron chi connectivity index (χ2n) is 8.70. The number of ether oxygens (including phenoxy) is 4. The third kappa shape index (κ3) is 14.8. The molecule has 30 heavy (non-hydrogen) atoms. The largest absolute Gasteiger partial charge is 0.381 e. The second-order valence-corrected chi connectivity index (χ2v) is 8.70. The maximum Gasteiger partial charge on any atom is 0.285 e. The summed E-state index contributed by atoms with van der Waals surface area (Å²) in [5.74, 6) is -0.698. The fourth-order valence-electron chi connectivity index (χ4n) is 4.29. The molecule has 0 bridgehead atoms. The fourth-order valence-corrected chi connectivity index (χ4v) is 4.29. The summed E-state index contributed by atoms with van der Waals surface area (Å²) < 4.78 is 22.9. The Kier molecular flexibility index (Phi) is 21.9. The molecule has 0 radical (unpaired) electrons. The molecule has 0 aromatic heterocycles. The Balaban J connectivity index is 4.00. The minimum Gasteiger partial charge on any atom is -0.381 e. The first-order valence-electron chi connectivity index (χ1n) is 12.9. The van der Waals surface area contributed by atoms with Gasteiger partial charge >= 0.3 is 0 Å². The van der Waals surface area contributed by atoms with Gasteiger partial charge in [0.05, 0.1) is 0 Å². The van der Waals surface area contributed by atoms with E-state index in [1.165, 1.54) is 89.9 Å². The molecule has 0 aliphatic heterocycles. The van der Waals surface area contributed by atoms with E-state index in [0.717, 1.165) is 32.5 Å². The minimum absolute atomic E-state index is 0.232. The molecule has 0 saturated heterocycles. The van der Waals surface area contributed by atoms with Crippen LogP contribution < -0.4 is 0 Å². The molecule has 0 aromatic carbocycles. The van der Waals surface area contributed by atoms with E-state index < -0.39 is 5.97 Å². The third-order valence-electron chi connectivity index (χ3n) is 6.24. The molecule has 0 aliphatic rings. The Morgan fingerprint density at radius 1 is 0.500 bits per heavy atom. The van der Waals surface area contributed by atoms with Crippen LogP contribution in [0.15, 0.2) is 0 Å². The lowest BCUT2D eigenvalue weighted by Crippen LogP contribution is -2.44. The maximum atomic E-state index is 5.89. The molecular weight excluding hydrogens is 376 g/mol. The highest BCUT2D eigenvalue weighted by Gasteiger charge is 2.39. The number of unbranched alkanes of at least 4 members (excludes halogenated alkanes) is 12. The van der Waals surface area contributed by atoms with E-state index in [0.29, 0.717) is 0 Å². The summed E-state index contributed by atoms with van der Waals surface area (Å²) >= 11 is 0. The summed E-state index contributed by atoms with van der Waals surface area (Å²) in [6.45, 7) is 6.24. The maximum absolute atomic E-state index is 5.89. The standard InChI is InChI=1S/C26H54O4/c1-6-8-10-12-14-15-17-19-23-30-24-20-22-25(26(27-3,28-4)29-5)21-18-16-13-11-9-7-2/h25H,6-24H2,1-5H3. The third-order valence-corrected chi connectivity index (χ3v) is 6.24. The van der Waals surface area contributed by atoms with Crippen molar-refractivity contribution in [1.29, 1.82) is 0 Å². The molecule has 0 saturated carbocycles. The molecule has 0 amide bonds. The topological polar surface area (TPSA) is 36.9 Å². The monoisotopic (exact) mass is 430 g/mol. The van der Waals surface area contributed by atoms with Crippen LogP contribution >= 0.6 is 0 Å². The molecule has 0 heterocycles. The van der Waals surface area contributed by atoms with Gasteiger partial charge in [0.25, 0.3) is 5.97 Å². The molecule has 0 aliphatic carbocycles. The van der Waals surface area contributed by atoms with E-state index in [4.69, 9.17) is 18.9 Å². The van der Waals surface area contributed by atoms with Crippen LogP contribution in [0.25, 0.3) is 0 Å². The number of hydrogen-bond donors (Lipinski definition) is 0. The van der Waals surface area contributed by atoms with E-state index >= 15 is 0 Å². The van der Waals surface area contributed by atoms with Gasteiger partial charge in [-0.05, 0) is 25.7 Å². The van der Waals surface area contributed by atoms with Crippen LogP contribution in [0.2, 0.25) is 0 Å². The average molecular weight is 431 g/mol. The zero-order chi connectivity index (χ0) is 22.3. The molecule has 0 fully saturated rings. The molecular formula is C26H54O4. The second kappa shape index (κ2) is 22.0. The van der Waals surface area contributed by atoms with Crippen LogP contribution in [0.1, 0.15) is 123 Å². The molecule has 0 N–H and O–H groups in total. The smallest absolute Gasteiger partial charge is 0.285 e. The van der Waals surface area contributed by atoms with Gasteiger partial charge in [0, 0.05) is 40.5 Å². The van der Waals surface area contributed by atoms with Crippen molar-refractivity contribution >= 4 is 0 Å². The highest BCUT2D eigenvalue weighted by atomic mass is 16.9. The first-order valence-corrected chi connectivity index (χ1v) is 12.9. The summed E-state index contributed by atoms with van der Waals surface area (Å²) in [5.41, 5.74) is 0. The van der Waals surface area contributed by atoms with E-state index in [-0.39, 0.29) is 5.92 Å². The van der Waals surface area contributed by atoms with Crippen molar-refractivity contribution in [3.05, 3.63) is 0 Å². The lowest BCUT2D eigenvalue weighted by Gasteiger charge is -2.36. The zero-order valence-corrected chi connectivity index (χ0v) is 21.1. The van der Waals surface area contributed by atoms with Crippen molar-refractivity contribution in [1.82, 2.24) is 0 Å². The highest BCUT2D eigenvalue weighted by Crippen LogP contribution is 2.32. The predicted octanol–water partition coefficient (Wildman–Crippen LogP) is 7.88. The van der Waals surface area contributed by atoms with Gasteiger partial charge in [-0.15, -0.1) is 0 Å². The van der Waals surface area contributed by atoms with Crippen LogP contribution in [0.3, 0.4) is 0 Å². The highest BCUT2D eigenvalue weighted by molar-refractivity contribution is 4.71. The molecule has 0 aromatic rings. The summed E-state index contributed by atoms with van der Waals surface area (Å²) in [6, 6.07) is 0. The molecule has 0 spiro atoms. The van der Waals surface area contributed by atoms with Crippen LogP contribution in [-0.4, -0.2) is 40.5 Å². The molecule has 4 heteroatoms. The van der Waals surface area contributed by atoms with Gasteiger partial charge in [0.1, 0.15) is 0 Å². The van der Waals surface area contributed by atoms with E-state index in [1.807, 2.05) is 0 Å². The lowest BCUT2D eigenvalue weighted by molar-refractivity contribution is -0.380. The van der Waals surface area contributed by atoms with Crippen molar-refractivity contribution in [2.24, 2.45) is 5.92 Å². The van der Waals surface area contributed by atoms with Gasteiger partial charge in [-0.2, -0.15) is 0 Å². The molecule has 1 atom stereocenters.